The van der Waals surface area contributed by atoms with E-state index in [9.17, 15) is 4.39 Å². The van der Waals surface area contributed by atoms with Crippen molar-refractivity contribution in [2.75, 3.05) is 0 Å². The second-order valence-corrected chi connectivity index (χ2v) is 4.50. The maximum atomic E-state index is 13.4. The van der Waals surface area contributed by atoms with E-state index < -0.39 is 0 Å². The van der Waals surface area contributed by atoms with E-state index in [4.69, 9.17) is 5.26 Å². The minimum absolute atomic E-state index is 0.175. The Hall–Kier alpha value is -2.18. The Morgan fingerprint density at radius 1 is 1.11 bits per heavy atom. The van der Waals surface area contributed by atoms with Crippen molar-refractivity contribution >= 4 is 0 Å². The monoisotopic (exact) mass is 254 g/mol. The molecule has 0 spiro atoms. The van der Waals surface area contributed by atoms with E-state index in [0.717, 1.165) is 11.1 Å². The van der Waals surface area contributed by atoms with Crippen LogP contribution in [0.4, 0.5) is 4.39 Å². The number of halogens is 1. The highest BCUT2D eigenvalue weighted by Crippen LogP contribution is 2.09. The van der Waals surface area contributed by atoms with Gasteiger partial charge < -0.3 is 5.32 Å². The lowest BCUT2D eigenvalue weighted by Gasteiger charge is -2.06. The first-order chi connectivity index (χ1) is 9.19. The summed E-state index contributed by atoms with van der Waals surface area (Å²) in [4.78, 5) is 0. The molecule has 0 fully saturated rings. The zero-order valence-corrected chi connectivity index (χ0v) is 10.8. The largest absolute Gasteiger partial charge is 0.309 e. The van der Waals surface area contributed by atoms with E-state index in [-0.39, 0.29) is 5.82 Å². The highest BCUT2D eigenvalue weighted by Gasteiger charge is 2.00. The summed E-state index contributed by atoms with van der Waals surface area (Å²) in [6.45, 7) is 3.01. The van der Waals surface area contributed by atoms with E-state index in [1.165, 1.54) is 0 Å². The maximum absolute atomic E-state index is 13.4. The van der Waals surface area contributed by atoms with Crippen LogP contribution in [0.2, 0.25) is 0 Å². The Kier molecular flexibility index (Phi) is 4.27. The standard InChI is InChI=1S/C16H15FN2/c1-12-5-6-15(8-16(12)17)11-19-10-14-4-2-3-13(7-14)9-18/h2-8,19H,10-11H2,1H3. The number of hydrogen-bond acceptors (Lipinski definition) is 2. The quantitative estimate of drug-likeness (QED) is 0.908. The first-order valence-corrected chi connectivity index (χ1v) is 6.14. The SMILES string of the molecule is Cc1ccc(CNCc2cccc(C#N)c2)cc1F. The third kappa shape index (κ3) is 3.64. The molecule has 0 unspecified atom stereocenters. The molecule has 0 aliphatic heterocycles. The van der Waals surface area contributed by atoms with Gasteiger partial charge in [-0.25, -0.2) is 4.39 Å². The predicted octanol–water partition coefficient (Wildman–Crippen LogP) is 3.30. The van der Waals surface area contributed by atoms with Crippen molar-refractivity contribution in [2.24, 2.45) is 0 Å². The van der Waals surface area contributed by atoms with E-state index in [2.05, 4.69) is 11.4 Å². The molecule has 0 saturated carbocycles. The van der Waals surface area contributed by atoms with Crippen molar-refractivity contribution in [3.8, 4) is 6.07 Å². The van der Waals surface area contributed by atoms with Gasteiger partial charge in [-0.05, 0) is 41.8 Å². The summed E-state index contributed by atoms with van der Waals surface area (Å²) in [5.74, 6) is -0.175. The minimum atomic E-state index is -0.175. The molecule has 0 aliphatic carbocycles. The van der Waals surface area contributed by atoms with Crippen LogP contribution in [0.15, 0.2) is 42.5 Å². The van der Waals surface area contributed by atoms with Gasteiger partial charge in [-0.3, -0.25) is 0 Å². The lowest BCUT2D eigenvalue weighted by Crippen LogP contribution is -2.13. The highest BCUT2D eigenvalue weighted by atomic mass is 19.1. The number of nitriles is 1. The predicted molar refractivity (Wildman–Crippen MR) is 72.8 cm³/mol. The lowest BCUT2D eigenvalue weighted by molar-refractivity contribution is 0.611. The van der Waals surface area contributed by atoms with Crippen molar-refractivity contribution in [3.05, 3.63) is 70.5 Å². The summed E-state index contributed by atoms with van der Waals surface area (Å²) in [6, 6.07) is 14.8. The number of aryl methyl sites for hydroxylation is 1. The summed E-state index contributed by atoms with van der Waals surface area (Å²) in [5, 5.41) is 12.0. The van der Waals surface area contributed by atoms with Crippen LogP contribution in [0.1, 0.15) is 22.3 Å². The molecule has 2 nitrogen and oxygen atoms in total. The summed E-state index contributed by atoms with van der Waals surface area (Å²) in [6.07, 6.45) is 0. The van der Waals surface area contributed by atoms with Crippen LogP contribution in [-0.2, 0) is 13.1 Å². The zero-order chi connectivity index (χ0) is 13.7. The van der Waals surface area contributed by atoms with Crippen LogP contribution in [0.25, 0.3) is 0 Å². The van der Waals surface area contributed by atoms with Crippen molar-refractivity contribution in [3.63, 3.8) is 0 Å². The number of nitrogens with zero attached hydrogens (tertiary/aromatic N) is 1. The summed E-state index contributed by atoms with van der Waals surface area (Å²) < 4.78 is 13.4. The normalized spacial score (nSPS) is 10.2. The molecular formula is C16H15FN2. The van der Waals surface area contributed by atoms with E-state index in [1.807, 2.05) is 24.3 Å². The van der Waals surface area contributed by atoms with Gasteiger partial charge in [-0.15, -0.1) is 0 Å². The van der Waals surface area contributed by atoms with E-state index >= 15 is 0 Å². The molecule has 0 amide bonds. The molecule has 0 atom stereocenters. The van der Waals surface area contributed by atoms with Gasteiger partial charge in [0, 0.05) is 13.1 Å². The molecule has 0 heterocycles. The molecule has 0 aliphatic rings. The molecule has 0 saturated heterocycles. The Balaban J connectivity index is 1.92. The second kappa shape index (κ2) is 6.12. The summed E-state index contributed by atoms with van der Waals surface area (Å²) in [5.41, 5.74) is 3.28. The summed E-state index contributed by atoms with van der Waals surface area (Å²) in [7, 11) is 0. The third-order valence-corrected chi connectivity index (χ3v) is 2.95. The minimum Gasteiger partial charge on any atom is -0.309 e. The van der Waals surface area contributed by atoms with Crippen LogP contribution < -0.4 is 5.32 Å². The van der Waals surface area contributed by atoms with Crippen molar-refractivity contribution in [2.45, 2.75) is 20.0 Å². The van der Waals surface area contributed by atoms with Crippen molar-refractivity contribution in [1.29, 1.82) is 5.26 Å². The maximum Gasteiger partial charge on any atom is 0.126 e. The van der Waals surface area contributed by atoms with Crippen LogP contribution in [0.3, 0.4) is 0 Å². The highest BCUT2D eigenvalue weighted by molar-refractivity contribution is 5.32. The van der Waals surface area contributed by atoms with Gasteiger partial charge in [-0.1, -0.05) is 24.3 Å². The number of nitrogens with one attached hydrogen (secondary N) is 1. The van der Waals surface area contributed by atoms with Gasteiger partial charge in [0.25, 0.3) is 0 Å². The molecule has 2 aromatic rings. The molecule has 3 heteroatoms. The molecule has 96 valence electrons. The van der Waals surface area contributed by atoms with Gasteiger partial charge >= 0.3 is 0 Å². The first kappa shape index (κ1) is 13.3. The Morgan fingerprint density at radius 3 is 2.53 bits per heavy atom. The van der Waals surface area contributed by atoms with Gasteiger partial charge in [0.05, 0.1) is 11.6 Å². The van der Waals surface area contributed by atoms with Crippen LogP contribution in [0.5, 0.6) is 0 Å². The van der Waals surface area contributed by atoms with E-state index in [1.54, 1.807) is 25.1 Å². The van der Waals surface area contributed by atoms with Gasteiger partial charge in [0.15, 0.2) is 0 Å². The number of hydrogen-bond donors (Lipinski definition) is 1. The van der Waals surface area contributed by atoms with Crippen molar-refractivity contribution in [1.82, 2.24) is 5.32 Å². The number of benzene rings is 2. The molecule has 1 N–H and O–H groups in total. The van der Waals surface area contributed by atoms with Crippen LogP contribution >= 0.6 is 0 Å². The fraction of sp³-hybridized carbons (Fsp3) is 0.188. The van der Waals surface area contributed by atoms with Gasteiger partial charge in [0.1, 0.15) is 5.82 Å². The number of rotatable bonds is 4. The fourth-order valence-corrected chi connectivity index (χ4v) is 1.85. The first-order valence-electron chi connectivity index (χ1n) is 6.14. The smallest absolute Gasteiger partial charge is 0.126 e. The molecular weight excluding hydrogens is 239 g/mol. The van der Waals surface area contributed by atoms with Crippen molar-refractivity contribution < 1.29 is 4.39 Å². The summed E-state index contributed by atoms with van der Waals surface area (Å²) >= 11 is 0. The molecule has 0 aromatic heterocycles. The molecule has 2 aromatic carbocycles. The lowest BCUT2D eigenvalue weighted by atomic mass is 10.1. The van der Waals surface area contributed by atoms with Gasteiger partial charge in [0.2, 0.25) is 0 Å². The molecule has 2 rings (SSSR count). The average Bonchev–Trinajstić information content (AvgIpc) is 2.43. The molecule has 0 bridgehead atoms. The fourth-order valence-electron chi connectivity index (χ4n) is 1.85. The van der Waals surface area contributed by atoms with E-state index in [0.29, 0.717) is 24.2 Å². The third-order valence-electron chi connectivity index (χ3n) is 2.95. The Bertz CT molecular complexity index is 614. The second-order valence-electron chi connectivity index (χ2n) is 4.50. The Morgan fingerprint density at radius 2 is 1.84 bits per heavy atom. The average molecular weight is 254 g/mol. The topological polar surface area (TPSA) is 35.8 Å². The zero-order valence-electron chi connectivity index (χ0n) is 10.8. The Labute approximate surface area is 112 Å². The van der Waals surface area contributed by atoms with Gasteiger partial charge in [-0.2, -0.15) is 5.26 Å². The molecule has 19 heavy (non-hydrogen) atoms. The van der Waals surface area contributed by atoms with Crippen LogP contribution in [0, 0.1) is 24.1 Å². The molecule has 0 radical (unpaired) electrons. The van der Waals surface area contributed by atoms with Crippen LogP contribution in [-0.4, -0.2) is 0 Å².